The lowest BCUT2D eigenvalue weighted by atomic mass is 10.1. The van der Waals surface area contributed by atoms with Crippen molar-refractivity contribution >= 4 is 23.9 Å². The largest absolute Gasteiger partial charge is 0.478 e. The molecule has 2 N–H and O–H groups in total. The number of benzene rings is 3. The Morgan fingerprint density at radius 3 is 1.71 bits per heavy atom. The Kier molecular flexibility index (Phi) is 10.7. The highest BCUT2D eigenvalue weighted by Gasteiger charge is 2.18. The van der Waals surface area contributed by atoms with Crippen molar-refractivity contribution in [3.63, 3.8) is 0 Å². The normalized spacial score (nSPS) is 9.86. The van der Waals surface area contributed by atoms with Gasteiger partial charge in [0.1, 0.15) is 6.61 Å². The van der Waals surface area contributed by atoms with Gasteiger partial charge >= 0.3 is 23.9 Å². The molecule has 8 nitrogen and oxygen atoms in total. The minimum Gasteiger partial charge on any atom is -0.478 e. The van der Waals surface area contributed by atoms with Crippen LogP contribution < -0.4 is 0 Å². The molecule has 0 aromatic heterocycles. The molecule has 0 saturated heterocycles. The van der Waals surface area contributed by atoms with Gasteiger partial charge in [0.25, 0.3) is 0 Å². The lowest BCUT2D eigenvalue weighted by Gasteiger charge is -2.09. The molecule has 0 heterocycles. The molecule has 8 heteroatoms. The molecule has 0 unspecified atom stereocenters. The molecule has 3 aromatic carbocycles. The highest BCUT2D eigenvalue weighted by atomic mass is 16.5. The maximum atomic E-state index is 12.2. The minimum atomic E-state index is -1.13. The van der Waals surface area contributed by atoms with Crippen LogP contribution in [0.2, 0.25) is 0 Å². The zero-order valence-electron chi connectivity index (χ0n) is 19.2. The maximum Gasteiger partial charge on any atom is 0.339 e. The quantitative estimate of drug-likeness (QED) is 0.322. The molecule has 0 saturated carbocycles. The Bertz CT molecular complexity index is 1130. The number of carboxylic acids is 2. The number of hydrogen-bond acceptors (Lipinski definition) is 6. The molecular formula is C27H26O8. The Balaban J connectivity index is 0.000000303. The van der Waals surface area contributed by atoms with Crippen LogP contribution >= 0.6 is 0 Å². The van der Waals surface area contributed by atoms with E-state index in [9.17, 15) is 19.2 Å². The van der Waals surface area contributed by atoms with E-state index in [1.807, 2.05) is 37.3 Å². The summed E-state index contributed by atoms with van der Waals surface area (Å²) in [7, 11) is 0. The second-order valence-electron chi connectivity index (χ2n) is 7.29. The fourth-order valence-electron chi connectivity index (χ4n) is 2.81. The number of hydrogen-bond donors (Lipinski definition) is 2. The van der Waals surface area contributed by atoms with E-state index in [0.717, 1.165) is 24.5 Å². The van der Waals surface area contributed by atoms with E-state index in [1.165, 1.54) is 18.2 Å². The highest BCUT2D eigenvalue weighted by Crippen LogP contribution is 2.14. The summed E-state index contributed by atoms with van der Waals surface area (Å²) in [5, 5.41) is 17.0. The summed E-state index contributed by atoms with van der Waals surface area (Å²) in [6.07, 6.45) is 1.74. The smallest absolute Gasteiger partial charge is 0.339 e. The van der Waals surface area contributed by atoms with Crippen LogP contribution in [0.15, 0.2) is 78.9 Å². The van der Waals surface area contributed by atoms with Crippen molar-refractivity contribution in [2.45, 2.75) is 26.4 Å². The van der Waals surface area contributed by atoms with Gasteiger partial charge in [-0.15, -0.1) is 0 Å². The summed E-state index contributed by atoms with van der Waals surface area (Å²) in [6, 6.07) is 21.1. The van der Waals surface area contributed by atoms with Crippen molar-refractivity contribution in [3.05, 3.63) is 107 Å². The maximum absolute atomic E-state index is 12.2. The zero-order chi connectivity index (χ0) is 25.6. The molecule has 3 rings (SSSR count). The first-order chi connectivity index (χ1) is 16.8. The van der Waals surface area contributed by atoms with E-state index in [2.05, 4.69) is 0 Å². The average molecular weight is 478 g/mol. The number of esters is 2. The van der Waals surface area contributed by atoms with E-state index in [-0.39, 0.29) is 28.9 Å². The third-order valence-corrected chi connectivity index (χ3v) is 4.67. The Morgan fingerprint density at radius 2 is 1.20 bits per heavy atom. The predicted octanol–water partition coefficient (Wildman–Crippen LogP) is 5.08. The Morgan fingerprint density at radius 1 is 0.686 bits per heavy atom. The number of unbranched alkanes of at least 4 members (excludes halogenated alkanes) is 1. The van der Waals surface area contributed by atoms with Gasteiger partial charge in [0.05, 0.1) is 28.9 Å². The molecule has 0 amide bonds. The first-order valence-electron chi connectivity index (χ1n) is 10.9. The van der Waals surface area contributed by atoms with Crippen LogP contribution in [-0.4, -0.2) is 40.7 Å². The Labute approximate surface area is 202 Å². The van der Waals surface area contributed by atoms with Crippen LogP contribution in [0, 0.1) is 0 Å². The SMILES string of the molecule is CCCCOC(=O)c1ccccc1C(=O)OCc1ccccc1.O=C(O)c1cccc(C(=O)O)c1. The fraction of sp³-hybridized carbons (Fsp3) is 0.185. The minimum absolute atomic E-state index is 0.0186. The molecule has 0 aliphatic rings. The number of rotatable bonds is 9. The van der Waals surface area contributed by atoms with Crippen LogP contribution in [-0.2, 0) is 16.1 Å². The lowest BCUT2D eigenvalue weighted by molar-refractivity contribution is 0.0437. The number of aromatic carboxylic acids is 2. The van der Waals surface area contributed by atoms with Gasteiger partial charge < -0.3 is 19.7 Å². The Hall–Kier alpha value is -4.46. The topological polar surface area (TPSA) is 127 Å². The second-order valence-corrected chi connectivity index (χ2v) is 7.29. The van der Waals surface area contributed by atoms with Crippen molar-refractivity contribution in [2.75, 3.05) is 6.61 Å². The first-order valence-corrected chi connectivity index (χ1v) is 10.9. The van der Waals surface area contributed by atoms with E-state index in [0.29, 0.717) is 6.61 Å². The number of carboxylic acid groups (broad SMARTS) is 2. The molecule has 0 fully saturated rings. The molecule has 0 aliphatic carbocycles. The van der Waals surface area contributed by atoms with Gasteiger partial charge in [-0.05, 0) is 42.3 Å². The van der Waals surface area contributed by atoms with E-state index in [1.54, 1.807) is 24.3 Å². The zero-order valence-corrected chi connectivity index (χ0v) is 19.2. The molecule has 0 aliphatic heterocycles. The van der Waals surface area contributed by atoms with Gasteiger partial charge in [-0.2, -0.15) is 0 Å². The molecule has 0 atom stereocenters. The standard InChI is InChI=1S/C19H20O4.C8H6O4/c1-2-3-13-22-18(20)16-11-7-8-12-17(16)19(21)23-14-15-9-5-4-6-10-15;9-7(10)5-2-1-3-6(4-5)8(11)12/h4-12H,2-3,13-14H2,1H3;1-4H,(H,9,10)(H,11,12). The summed E-state index contributed by atoms with van der Waals surface area (Å²) in [6.45, 7) is 2.53. The summed E-state index contributed by atoms with van der Waals surface area (Å²) in [4.78, 5) is 45.1. The van der Waals surface area contributed by atoms with Gasteiger partial charge in [0, 0.05) is 0 Å². The van der Waals surface area contributed by atoms with Crippen molar-refractivity contribution in [1.82, 2.24) is 0 Å². The highest BCUT2D eigenvalue weighted by molar-refractivity contribution is 6.03. The molecule has 0 bridgehead atoms. The molecule has 3 aromatic rings. The summed E-state index contributed by atoms with van der Waals surface area (Å²) >= 11 is 0. The molecule has 35 heavy (non-hydrogen) atoms. The summed E-state index contributed by atoms with van der Waals surface area (Å²) in [5.74, 6) is -3.28. The van der Waals surface area contributed by atoms with E-state index in [4.69, 9.17) is 19.7 Å². The van der Waals surface area contributed by atoms with E-state index >= 15 is 0 Å². The van der Waals surface area contributed by atoms with Gasteiger partial charge in [-0.1, -0.05) is 61.9 Å². The van der Waals surface area contributed by atoms with Gasteiger partial charge in [-0.25, -0.2) is 19.2 Å². The van der Waals surface area contributed by atoms with Crippen molar-refractivity contribution in [1.29, 1.82) is 0 Å². The average Bonchev–Trinajstić information content (AvgIpc) is 2.88. The number of carbonyl (C=O) groups excluding carboxylic acids is 2. The van der Waals surface area contributed by atoms with Crippen LogP contribution in [0.5, 0.6) is 0 Å². The van der Waals surface area contributed by atoms with Crippen LogP contribution in [0.3, 0.4) is 0 Å². The van der Waals surface area contributed by atoms with Gasteiger partial charge in [0.2, 0.25) is 0 Å². The third kappa shape index (κ3) is 8.77. The van der Waals surface area contributed by atoms with Crippen LogP contribution in [0.25, 0.3) is 0 Å². The lowest BCUT2D eigenvalue weighted by Crippen LogP contribution is -2.14. The van der Waals surface area contributed by atoms with Gasteiger partial charge in [-0.3, -0.25) is 0 Å². The second kappa shape index (κ2) is 13.9. The predicted molar refractivity (Wildman–Crippen MR) is 128 cm³/mol. The van der Waals surface area contributed by atoms with Crippen LogP contribution in [0.1, 0.15) is 66.8 Å². The number of carbonyl (C=O) groups is 4. The van der Waals surface area contributed by atoms with Crippen LogP contribution in [0.4, 0.5) is 0 Å². The first kappa shape index (κ1) is 26.8. The van der Waals surface area contributed by atoms with Gasteiger partial charge in [0.15, 0.2) is 0 Å². The summed E-state index contributed by atoms with van der Waals surface area (Å²) in [5.41, 5.74) is 1.32. The fourth-order valence-corrected chi connectivity index (χ4v) is 2.81. The monoisotopic (exact) mass is 478 g/mol. The van der Waals surface area contributed by atoms with E-state index < -0.39 is 23.9 Å². The van der Waals surface area contributed by atoms with Crippen molar-refractivity contribution in [2.24, 2.45) is 0 Å². The van der Waals surface area contributed by atoms with Crippen molar-refractivity contribution in [3.8, 4) is 0 Å². The molecule has 0 radical (unpaired) electrons. The molecule has 182 valence electrons. The number of ether oxygens (including phenoxy) is 2. The summed E-state index contributed by atoms with van der Waals surface area (Å²) < 4.78 is 10.5. The molecular weight excluding hydrogens is 452 g/mol. The molecule has 0 spiro atoms. The third-order valence-electron chi connectivity index (χ3n) is 4.67. The van der Waals surface area contributed by atoms with Crippen molar-refractivity contribution < 1.29 is 38.9 Å².